The van der Waals surface area contributed by atoms with Gasteiger partial charge in [0.1, 0.15) is 5.69 Å². The van der Waals surface area contributed by atoms with Crippen LogP contribution < -0.4 is 10.9 Å². The van der Waals surface area contributed by atoms with Gasteiger partial charge in [-0.15, -0.1) is 0 Å². The van der Waals surface area contributed by atoms with Crippen molar-refractivity contribution in [3.8, 4) is 5.69 Å². The van der Waals surface area contributed by atoms with Crippen molar-refractivity contribution in [2.24, 2.45) is 0 Å². The summed E-state index contributed by atoms with van der Waals surface area (Å²) in [4.78, 5) is 16.2. The number of para-hydroxylation sites is 1. The van der Waals surface area contributed by atoms with E-state index in [1.54, 1.807) is 22.9 Å². The number of carbonyl (C=O) groups excluding carboxylic acids is 1. The molecular weight excluding hydrogens is 393 g/mol. The summed E-state index contributed by atoms with van der Waals surface area (Å²) in [5.74, 6) is -0.580. The van der Waals surface area contributed by atoms with Crippen molar-refractivity contribution in [1.29, 1.82) is 0 Å². The molecule has 1 aromatic carbocycles. The third-order valence-electron chi connectivity index (χ3n) is 4.08. The van der Waals surface area contributed by atoms with Gasteiger partial charge >= 0.3 is 6.18 Å². The highest BCUT2D eigenvalue weighted by atomic mass is 35.5. The van der Waals surface area contributed by atoms with Gasteiger partial charge in [-0.3, -0.25) is 15.6 Å². The van der Waals surface area contributed by atoms with Crippen LogP contribution in [0.1, 0.15) is 28.5 Å². The van der Waals surface area contributed by atoms with Gasteiger partial charge in [0.25, 0.3) is 5.91 Å². The Morgan fingerprint density at radius 3 is 2.64 bits per heavy atom. The lowest BCUT2D eigenvalue weighted by molar-refractivity contribution is -0.137. The van der Waals surface area contributed by atoms with Crippen LogP contribution in [0.25, 0.3) is 5.69 Å². The van der Waals surface area contributed by atoms with Crippen LogP contribution >= 0.6 is 11.6 Å². The highest BCUT2D eigenvalue weighted by Gasteiger charge is 2.31. The van der Waals surface area contributed by atoms with Crippen LogP contribution in [0.3, 0.4) is 0 Å². The van der Waals surface area contributed by atoms with Crippen molar-refractivity contribution in [3.05, 3.63) is 76.7 Å². The lowest BCUT2D eigenvalue weighted by atomic mass is 10.1. The second-order valence-corrected chi connectivity index (χ2v) is 6.28. The predicted molar refractivity (Wildman–Crippen MR) is 100 cm³/mol. The lowest BCUT2D eigenvalue weighted by Crippen LogP contribution is -2.31. The molecule has 0 spiro atoms. The standard InChI is InChI=1S/C19H16ClF3N4O/c1-2-12-6-3-4-7-15(12)27-9-5-8-16(27)18(28)26-25-17-14(20)10-13(11-24-17)19(21,22)23/h3-11H,2H2,1H3,(H,24,25)(H,26,28). The lowest BCUT2D eigenvalue weighted by Gasteiger charge is -2.14. The van der Waals surface area contributed by atoms with E-state index in [0.29, 0.717) is 11.9 Å². The number of aryl methyl sites for hydroxylation is 1. The van der Waals surface area contributed by atoms with Crippen LogP contribution in [0.2, 0.25) is 5.02 Å². The van der Waals surface area contributed by atoms with Gasteiger partial charge in [0.05, 0.1) is 10.6 Å². The summed E-state index contributed by atoms with van der Waals surface area (Å²) in [6.07, 6.45) is -1.36. The molecule has 9 heteroatoms. The van der Waals surface area contributed by atoms with Gasteiger partial charge in [0.15, 0.2) is 5.82 Å². The summed E-state index contributed by atoms with van der Waals surface area (Å²) in [6.45, 7) is 2.02. The molecule has 2 N–H and O–H groups in total. The number of hydrazine groups is 1. The predicted octanol–water partition coefficient (Wildman–Crippen LogP) is 4.86. The van der Waals surface area contributed by atoms with E-state index in [1.165, 1.54) is 0 Å². The highest BCUT2D eigenvalue weighted by Crippen LogP contribution is 2.32. The first-order valence-electron chi connectivity index (χ1n) is 8.36. The first kappa shape index (κ1) is 19.8. The Kier molecular flexibility index (Phi) is 5.60. The van der Waals surface area contributed by atoms with Crippen molar-refractivity contribution in [3.63, 3.8) is 0 Å². The molecule has 1 amide bonds. The van der Waals surface area contributed by atoms with E-state index in [9.17, 15) is 18.0 Å². The van der Waals surface area contributed by atoms with E-state index < -0.39 is 17.6 Å². The van der Waals surface area contributed by atoms with Gasteiger partial charge in [0.2, 0.25) is 0 Å². The van der Waals surface area contributed by atoms with Gasteiger partial charge in [-0.1, -0.05) is 36.7 Å². The van der Waals surface area contributed by atoms with Crippen LogP contribution in [-0.2, 0) is 12.6 Å². The van der Waals surface area contributed by atoms with E-state index in [-0.39, 0.29) is 10.8 Å². The minimum absolute atomic E-state index is 0.0879. The summed E-state index contributed by atoms with van der Waals surface area (Å²) in [5.41, 5.74) is 6.17. The molecule has 0 unspecified atom stereocenters. The van der Waals surface area contributed by atoms with Crippen LogP contribution in [0.15, 0.2) is 54.9 Å². The molecule has 0 saturated heterocycles. The number of aromatic nitrogens is 2. The quantitative estimate of drug-likeness (QED) is 0.592. The highest BCUT2D eigenvalue weighted by molar-refractivity contribution is 6.33. The Hall–Kier alpha value is -3.00. The molecule has 0 aliphatic rings. The van der Waals surface area contributed by atoms with Gasteiger partial charge in [0, 0.05) is 18.1 Å². The average molecular weight is 409 g/mol. The molecule has 3 rings (SSSR count). The SMILES string of the molecule is CCc1ccccc1-n1cccc1C(=O)NNc1ncc(C(F)(F)F)cc1Cl. The largest absolute Gasteiger partial charge is 0.417 e. The fraction of sp³-hybridized carbons (Fsp3) is 0.158. The zero-order chi connectivity index (χ0) is 20.3. The molecule has 0 fully saturated rings. The Balaban J connectivity index is 1.78. The Labute approximate surface area is 164 Å². The summed E-state index contributed by atoms with van der Waals surface area (Å²) >= 11 is 5.83. The summed E-state index contributed by atoms with van der Waals surface area (Å²) < 4.78 is 39.8. The molecule has 0 aliphatic carbocycles. The number of hydrogen-bond donors (Lipinski definition) is 2. The van der Waals surface area contributed by atoms with Crippen molar-refractivity contribution < 1.29 is 18.0 Å². The number of nitrogens with zero attached hydrogens (tertiary/aromatic N) is 2. The van der Waals surface area contributed by atoms with Crippen LogP contribution in [-0.4, -0.2) is 15.5 Å². The molecule has 0 saturated carbocycles. The van der Waals surface area contributed by atoms with Crippen molar-refractivity contribution in [2.75, 3.05) is 5.43 Å². The molecule has 2 heterocycles. The molecule has 146 valence electrons. The van der Waals surface area contributed by atoms with E-state index in [4.69, 9.17) is 11.6 Å². The summed E-state index contributed by atoms with van der Waals surface area (Å²) in [6, 6.07) is 11.8. The van der Waals surface area contributed by atoms with E-state index in [2.05, 4.69) is 15.8 Å². The third-order valence-corrected chi connectivity index (χ3v) is 4.36. The number of pyridine rings is 1. The number of benzene rings is 1. The first-order valence-corrected chi connectivity index (χ1v) is 8.73. The van der Waals surface area contributed by atoms with Gasteiger partial charge in [-0.05, 0) is 36.2 Å². The van der Waals surface area contributed by atoms with E-state index in [1.807, 2.05) is 31.2 Å². The molecule has 2 aromatic heterocycles. The van der Waals surface area contributed by atoms with Crippen molar-refractivity contribution in [2.45, 2.75) is 19.5 Å². The summed E-state index contributed by atoms with van der Waals surface area (Å²) in [5, 5.41) is -0.262. The molecule has 28 heavy (non-hydrogen) atoms. The molecule has 0 radical (unpaired) electrons. The Bertz CT molecular complexity index is 1000. The monoisotopic (exact) mass is 408 g/mol. The zero-order valence-electron chi connectivity index (χ0n) is 14.7. The maximum absolute atomic E-state index is 12.7. The number of amides is 1. The fourth-order valence-corrected chi connectivity index (χ4v) is 2.90. The molecule has 0 atom stereocenters. The maximum atomic E-state index is 12.7. The number of halogens is 4. The van der Waals surface area contributed by atoms with Crippen molar-refractivity contribution >= 4 is 23.3 Å². The minimum Gasteiger partial charge on any atom is -0.312 e. The summed E-state index contributed by atoms with van der Waals surface area (Å²) in [7, 11) is 0. The van der Waals surface area contributed by atoms with Crippen LogP contribution in [0.4, 0.5) is 19.0 Å². The molecule has 5 nitrogen and oxygen atoms in total. The molecule has 3 aromatic rings. The number of nitrogens with one attached hydrogen (secondary N) is 2. The second kappa shape index (κ2) is 7.93. The smallest absolute Gasteiger partial charge is 0.312 e. The number of hydrogen-bond acceptors (Lipinski definition) is 3. The van der Waals surface area contributed by atoms with Crippen LogP contribution in [0.5, 0.6) is 0 Å². The Morgan fingerprint density at radius 1 is 1.21 bits per heavy atom. The number of alkyl halides is 3. The molecule has 0 bridgehead atoms. The van der Waals surface area contributed by atoms with Gasteiger partial charge in [-0.25, -0.2) is 4.98 Å². The topological polar surface area (TPSA) is 59.0 Å². The maximum Gasteiger partial charge on any atom is 0.417 e. The Morgan fingerprint density at radius 2 is 1.96 bits per heavy atom. The fourth-order valence-electron chi connectivity index (χ4n) is 2.69. The normalized spacial score (nSPS) is 11.3. The number of anilines is 1. The zero-order valence-corrected chi connectivity index (χ0v) is 15.5. The average Bonchev–Trinajstić information content (AvgIpc) is 3.15. The van der Waals surface area contributed by atoms with E-state index >= 15 is 0 Å². The first-order chi connectivity index (χ1) is 13.3. The second-order valence-electron chi connectivity index (χ2n) is 5.88. The molecular formula is C19H16ClF3N4O. The van der Waals surface area contributed by atoms with Gasteiger partial charge < -0.3 is 4.57 Å². The number of carbonyl (C=O) groups is 1. The minimum atomic E-state index is -4.55. The van der Waals surface area contributed by atoms with E-state index in [0.717, 1.165) is 23.7 Å². The van der Waals surface area contributed by atoms with Crippen LogP contribution in [0, 0.1) is 0 Å². The third kappa shape index (κ3) is 4.12. The molecule has 0 aliphatic heterocycles. The number of rotatable bonds is 5. The van der Waals surface area contributed by atoms with Crippen molar-refractivity contribution in [1.82, 2.24) is 15.0 Å². The van der Waals surface area contributed by atoms with Gasteiger partial charge in [-0.2, -0.15) is 13.2 Å².